The van der Waals surface area contributed by atoms with Gasteiger partial charge in [-0.05, 0) is 64.5 Å². The van der Waals surface area contributed by atoms with Crippen molar-refractivity contribution < 1.29 is 19.4 Å². The van der Waals surface area contributed by atoms with Gasteiger partial charge in [0.25, 0.3) is 0 Å². The van der Waals surface area contributed by atoms with Crippen LogP contribution in [0, 0.1) is 5.92 Å². The van der Waals surface area contributed by atoms with Crippen LogP contribution in [0.4, 0.5) is 10.6 Å². The zero-order valence-electron chi connectivity index (χ0n) is 23.7. The van der Waals surface area contributed by atoms with E-state index in [1.807, 2.05) is 66.8 Å². The van der Waals surface area contributed by atoms with Gasteiger partial charge in [-0.15, -0.1) is 0 Å². The molecule has 1 amide bonds. The third-order valence-electron chi connectivity index (χ3n) is 7.72. The molecule has 4 heterocycles. The van der Waals surface area contributed by atoms with Crippen LogP contribution in [-0.2, 0) is 16.0 Å². The standard InChI is InChI=1S/C30H37N7O4/c1-30(2,3)41-29(39)35-10-8-21(9-11-35)40-22-12-19(13-22)15-37-16-20(14-32-37)24-17-36-18-25(33-28(36)34-27(24)31)23-6-4-5-7-26(23)38/h4-7,14,16-19,21-22,38H,8-13,15H2,1-3H3,(H2,31,33,34). The number of imidazole rings is 1. The fraction of sp³-hybridized carbons (Fsp3) is 0.467. The van der Waals surface area contributed by atoms with Crippen molar-refractivity contribution in [3.05, 3.63) is 49.1 Å². The number of phenols is 1. The number of nitrogens with zero attached hydrogens (tertiary/aromatic N) is 6. The van der Waals surface area contributed by atoms with Gasteiger partial charge in [0.15, 0.2) is 0 Å². The Morgan fingerprint density at radius 1 is 1.05 bits per heavy atom. The van der Waals surface area contributed by atoms with Crippen LogP contribution in [0.25, 0.3) is 28.2 Å². The summed E-state index contributed by atoms with van der Waals surface area (Å²) >= 11 is 0. The van der Waals surface area contributed by atoms with Gasteiger partial charge in [-0.2, -0.15) is 10.1 Å². The molecule has 3 aromatic heterocycles. The average molecular weight is 560 g/mol. The number of rotatable bonds is 6. The first-order valence-corrected chi connectivity index (χ1v) is 14.2. The number of piperidine rings is 1. The summed E-state index contributed by atoms with van der Waals surface area (Å²) in [5.41, 5.74) is 8.76. The number of phenolic OH excluding ortho intramolecular Hbond substituents is 1. The van der Waals surface area contributed by atoms with Crippen LogP contribution >= 0.6 is 0 Å². The number of amides is 1. The SMILES string of the molecule is CC(C)(C)OC(=O)N1CCC(OC2CC(Cn3cc(-c4cn5cc(-c6ccccc6O)nc5nc4N)cn3)C2)CC1. The van der Waals surface area contributed by atoms with Crippen molar-refractivity contribution >= 4 is 17.7 Å². The van der Waals surface area contributed by atoms with Crippen molar-refractivity contribution in [1.29, 1.82) is 0 Å². The highest BCUT2D eigenvalue weighted by atomic mass is 16.6. The highest BCUT2D eigenvalue weighted by molar-refractivity contribution is 5.75. The number of hydrogen-bond donors (Lipinski definition) is 2. The lowest BCUT2D eigenvalue weighted by Crippen LogP contribution is -2.45. The molecule has 1 aliphatic carbocycles. The zero-order chi connectivity index (χ0) is 28.7. The lowest BCUT2D eigenvalue weighted by molar-refractivity contribution is -0.0962. The van der Waals surface area contributed by atoms with E-state index in [0.29, 0.717) is 41.9 Å². The monoisotopic (exact) mass is 559 g/mol. The predicted octanol–water partition coefficient (Wildman–Crippen LogP) is 4.74. The molecule has 0 unspecified atom stereocenters. The number of anilines is 1. The Kier molecular flexibility index (Phi) is 7.06. The van der Waals surface area contributed by atoms with E-state index in [1.165, 1.54) is 0 Å². The minimum absolute atomic E-state index is 0.164. The lowest BCUT2D eigenvalue weighted by atomic mass is 9.82. The van der Waals surface area contributed by atoms with E-state index in [0.717, 1.165) is 43.4 Å². The molecule has 11 nitrogen and oxygen atoms in total. The maximum atomic E-state index is 12.3. The van der Waals surface area contributed by atoms with E-state index in [1.54, 1.807) is 17.0 Å². The molecule has 1 saturated carbocycles. The molecular weight excluding hydrogens is 522 g/mol. The number of ether oxygens (including phenoxy) is 2. The molecule has 1 aromatic carbocycles. The fourth-order valence-electron chi connectivity index (χ4n) is 5.55. The van der Waals surface area contributed by atoms with Crippen molar-refractivity contribution in [3.63, 3.8) is 0 Å². The van der Waals surface area contributed by atoms with Gasteiger partial charge in [-0.1, -0.05) is 12.1 Å². The number of hydrogen-bond acceptors (Lipinski definition) is 8. The Morgan fingerprint density at radius 3 is 2.54 bits per heavy atom. The van der Waals surface area contributed by atoms with E-state index in [-0.39, 0.29) is 24.1 Å². The summed E-state index contributed by atoms with van der Waals surface area (Å²) in [7, 11) is 0. The van der Waals surface area contributed by atoms with Crippen molar-refractivity contribution in [3.8, 4) is 28.1 Å². The number of nitrogens with two attached hydrogens (primary N) is 1. The normalized spacial score (nSPS) is 19.8. The largest absolute Gasteiger partial charge is 0.507 e. The highest BCUT2D eigenvalue weighted by Gasteiger charge is 2.34. The van der Waals surface area contributed by atoms with Gasteiger partial charge >= 0.3 is 6.09 Å². The number of aromatic hydroxyl groups is 1. The van der Waals surface area contributed by atoms with Crippen LogP contribution in [0.2, 0.25) is 0 Å². The molecule has 0 spiro atoms. The van der Waals surface area contributed by atoms with Gasteiger partial charge in [0.1, 0.15) is 17.2 Å². The number of aromatic nitrogens is 5. The number of fused-ring (bicyclic) bond motifs is 1. The van der Waals surface area contributed by atoms with Gasteiger partial charge in [0, 0.05) is 54.9 Å². The summed E-state index contributed by atoms with van der Waals surface area (Å²) in [6, 6.07) is 7.08. The summed E-state index contributed by atoms with van der Waals surface area (Å²) in [5.74, 6) is 1.51. The Bertz CT molecular complexity index is 1540. The molecule has 0 atom stereocenters. The first kappa shape index (κ1) is 27.1. The maximum absolute atomic E-state index is 12.3. The molecule has 11 heteroatoms. The van der Waals surface area contributed by atoms with Crippen molar-refractivity contribution in [1.82, 2.24) is 29.0 Å². The molecule has 1 aliphatic heterocycles. The summed E-state index contributed by atoms with van der Waals surface area (Å²) in [6.45, 7) is 7.82. The van der Waals surface area contributed by atoms with E-state index in [4.69, 9.17) is 15.2 Å². The molecule has 6 rings (SSSR count). The minimum Gasteiger partial charge on any atom is -0.507 e. The number of likely N-dealkylation sites (tertiary alicyclic amines) is 1. The van der Waals surface area contributed by atoms with Crippen LogP contribution in [0.1, 0.15) is 46.5 Å². The molecule has 3 N–H and O–H groups in total. The number of carbonyl (C=O) groups excluding carboxylic acids is 1. The van der Waals surface area contributed by atoms with E-state index in [9.17, 15) is 9.90 Å². The Morgan fingerprint density at radius 2 is 1.80 bits per heavy atom. The predicted molar refractivity (Wildman–Crippen MR) is 154 cm³/mol. The van der Waals surface area contributed by atoms with E-state index in [2.05, 4.69) is 15.1 Å². The molecule has 1 saturated heterocycles. The molecular formula is C30H37N7O4. The third kappa shape index (κ3) is 6.00. The van der Waals surface area contributed by atoms with Crippen molar-refractivity contribution in [2.75, 3.05) is 18.8 Å². The maximum Gasteiger partial charge on any atom is 0.410 e. The quantitative estimate of drug-likeness (QED) is 0.346. The van der Waals surface area contributed by atoms with Crippen LogP contribution in [-0.4, -0.2) is 71.1 Å². The van der Waals surface area contributed by atoms with Gasteiger partial charge in [0.05, 0.1) is 24.1 Å². The third-order valence-corrected chi connectivity index (χ3v) is 7.72. The fourth-order valence-corrected chi connectivity index (χ4v) is 5.55. The number of carbonyl (C=O) groups is 1. The molecule has 41 heavy (non-hydrogen) atoms. The van der Waals surface area contributed by atoms with Crippen molar-refractivity contribution in [2.45, 2.75) is 70.8 Å². The zero-order valence-corrected chi connectivity index (χ0v) is 23.7. The molecule has 2 aliphatic rings. The Hall–Kier alpha value is -4.12. The Balaban J connectivity index is 1.01. The molecule has 0 radical (unpaired) electrons. The molecule has 216 valence electrons. The summed E-state index contributed by atoms with van der Waals surface area (Å²) in [5, 5.41) is 14.8. The van der Waals surface area contributed by atoms with Crippen LogP contribution in [0.3, 0.4) is 0 Å². The minimum atomic E-state index is -0.476. The second kappa shape index (κ2) is 10.7. The number of para-hydroxylation sites is 1. The topological polar surface area (TPSA) is 133 Å². The summed E-state index contributed by atoms with van der Waals surface area (Å²) < 4.78 is 15.6. The molecule has 2 fully saturated rings. The number of benzene rings is 1. The number of nitrogen functional groups attached to an aromatic ring is 1. The lowest BCUT2D eigenvalue weighted by Gasteiger charge is -2.40. The highest BCUT2D eigenvalue weighted by Crippen LogP contribution is 2.35. The van der Waals surface area contributed by atoms with E-state index < -0.39 is 5.60 Å². The Labute approximate surface area is 238 Å². The van der Waals surface area contributed by atoms with Crippen LogP contribution in [0.15, 0.2) is 49.1 Å². The molecule has 0 bridgehead atoms. The van der Waals surface area contributed by atoms with Crippen LogP contribution in [0.5, 0.6) is 5.75 Å². The average Bonchev–Trinajstić information content (AvgIpc) is 3.53. The molecule has 4 aromatic rings. The first-order chi connectivity index (χ1) is 19.6. The van der Waals surface area contributed by atoms with E-state index >= 15 is 0 Å². The summed E-state index contributed by atoms with van der Waals surface area (Å²) in [4.78, 5) is 23.1. The van der Waals surface area contributed by atoms with Gasteiger partial charge in [0.2, 0.25) is 5.78 Å². The second-order valence-corrected chi connectivity index (χ2v) is 12.1. The van der Waals surface area contributed by atoms with Gasteiger partial charge < -0.3 is 25.2 Å². The van der Waals surface area contributed by atoms with Crippen molar-refractivity contribution in [2.24, 2.45) is 5.92 Å². The smallest absolute Gasteiger partial charge is 0.410 e. The van der Waals surface area contributed by atoms with Gasteiger partial charge in [-0.25, -0.2) is 9.78 Å². The summed E-state index contributed by atoms with van der Waals surface area (Å²) in [6.07, 6.45) is 11.4. The van der Waals surface area contributed by atoms with Crippen LogP contribution < -0.4 is 5.73 Å². The first-order valence-electron chi connectivity index (χ1n) is 14.2. The van der Waals surface area contributed by atoms with Gasteiger partial charge in [-0.3, -0.25) is 9.08 Å². The second-order valence-electron chi connectivity index (χ2n) is 12.1.